The molecule has 2 N–H and O–H groups in total. The Balaban J connectivity index is 1.63. The zero-order valence-corrected chi connectivity index (χ0v) is 12.6. The molecule has 5 rings (SSSR count). The van der Waals surface area contributed by atoms with E-state index in [4.69, 9.17) is 5.73 Å². The van der Waals surface area contributed by atoms with Gasteiger partial charge in [-0.05, 0) is 86.6 Å². The fourth-order valence-corrected chi connectivity index (χ4v) is 5.95. The van der Waals surface area contributed by atoms with Crippen LogP contribution in [-0.4, -0.2) is 6.54 Å². The maximum Gasteiger partial charge on any atom is -0.000525 e. The van der Waals surface area contributed by atoms with Gasteiger partial charge in [-0.25, -0.2) is 0 Å². The fraction of sp³-hybridized carbons (Fsp3) is 0.684. The van der Waals surface area contributed by atoms with Crippen LogP contribution in [0.1, 0.15) is 49.1 Å². The van der Waals surface area contributed by atoms with Crippen molar-refractivity contribution in [3.8, 4) is 0 Å². The van der Waals surface area contributed by atoms with Crippen LogP contribution in [0.5, 0.6) is 0 Å². The molecule has 108 valence electrons. The minimum absolute atomic E-state index is 0.602. The van der Waals surface area contributed by atoms with Crippen molar-refractivity contribution >= 4 is 0 Å². The summed E-state index contributed by atoms with van der Waals surface area (Å²) in [5.74, 6) is 5.54. The second-order valence-electron chi connectivity index (χ2n) is 7.76. The van der Waals surface area contributed by atoms with E-state index in [1.807, 2.05) is 0 Å². The maximum atomic E-state index is 6.22. The molecule has 4 aliphatic carbocycles. The Morgan fingerprint density at radius 3 is 2.00 bits per heavy atom. The summed E-state index contributed by atoms with van der Waals surface area (Å²) in [6, 6.07) is 9.18. The molecule has 0 aromatic heterocycles. The molecule has 4 bridgehead atoms. The lowest BCUT2D eigenvalue weighted by molar-refractivity contribution is -0.0467. The maximum absolute atomic E-state index is 6.22. The van der Waals surface area contributed by atoms with Gasteiger partial charge in [0.05, 0.1) is 0 Å². The predicted octanol–water partition coefficient (Wildman–Crippen LogP) is 4.11. The summed E-state index contributed by atoms with van der Waals surface area (Å²) < 4.78 is 0. The smallest absolute Gasteiger partial charge is 0.000525 e. The summed E-state index contributed by atoms with van der Waals surface area (Å²) in [7, 11) is 0. The Morgan fingerprint density at radius 2 is 1.50 bits per heavy atom. The second-order valence-corrected chi connectivity index (χ2v) is 7.76. The van der Waals surface area contributed by atoms with Crippen molar-refractivity contribution in [3.63, 3.8) is 0 Å². The van der Waals surface area contributed by atoms with E-state index in [1.54, 1.807) is 0 Å². The fourth-order valence-electron chi connectivity index (χ4n) is 5.95. The molecule has 0 spiro atoms. The summed E-state index contributed by atoms with van der Waals surface area (Å²) in [6.45, 7) is 3.00. The predicted molar refractivity (Wildman–Crippen MR) is 83.5 cm³/mol. The second kappa shape index (κ2) is 4.87. The van der Waals surface area contributed by atoms with Crippen molar-refractivity contribution in [2.24, 2.45) is 35.3 Å². The molecule has 4 aliphatic rings. The Morgan fingerprint density at radius 1 is 0.950 bits per heavy atom. The first-order valence-corrected chi connectivity index (χ1v) is 8.51. The highest BCUT2D eigenvalue weighted by Gasteiger charge is 2.50. The zero-order valence-electron chi connectivity index (χ0n) is 12.6. The van der Waals surface area contributed by atoms with Crippen LogP contribution in [-0.2, 0) is 0 Å². The number of hydrogen-bond donors (Lipinski definition) is 1. The molecular formula is C19H27N. The first kappa shape index (κ1) is 12.9. The van der Waals surface area contributed by atoms with Crippen LogP contribution < -0.4 is 5.73 Å². The van der Waals surface area contributed by atoms with Crippen LogP contribution in [0.15, 0.2) is 24.3 Å². The van der Waals surface area contributed by atoms with Crippen molar-refractivity contribution < 1.29 is 0 Å². The van der Waals surface area contributed by atoms with E-state index in [1.165, 1.54) is 43.2 Å². The van der Waals surface area contributed by atoms with Gasteiger partial charge >= 0.3 is 0 Å². The minimum atomic E-state index is 0.602. The van der Waals surface area contributed by atoms with Crippen LogP contribution >= 0.6 is 0 Å². The van der Waals surface area contributed by atoms with Gasteiger partial charge in [0.25, 0.3) is 0 Å². The number of rotatable bonds is 3. The average Bonchev–Trinajstić information content (AvgIpc) is 2.43. The lowest BCUT2D eigenvalue weighted by Gasteiger charge is -2.56. The molecule has 1 heteroatoms. The van der Waals surface area contributed by atoms with Gasteiger partial charge in [-0.1, -0.05) is 29.8 Å². The third-order valence-electron chi connectivity index (χ3n) is 6.52. The van der Waals surface area contributed by atoms with Crippen molar-refractivity contribution in [1.29, 1.82) is 0 Å². The van der Waals surface area contributed by atoms with Crippen LogP contribution in [0.4, 0.5) is 0 Å². The molecule has 4 saturated carbocycles. The number of benzene rings is 1. The standard InChI is InChI=1S/C19H27N/c1-12-2-4-15(5-3-12)18(11-20)19-16-7-13-6-14(9-16)10-17(19)8-13/h2-5,13-14,16-19H,6-11,20H2,1H3. The van der Waals surface area contributed by atoms with Gasteiger partial charge in [-0.15, -0.1) is 0 Å². The van der Waals surface area contributed by atoms with Gasteiger partial charge in [0.15, 0.2) is 0 Å². The van der Waals surface area contributed by atoms with Gasteiger partial charge in [-0.3, -0.25) is 0 Å². The van der Waals surface area contributed by atoms with Crippen LogP contribution in [0, 0.1) is 36.5 Å². The van der Waals surface area contributed by atoms with E-state index >= 15 is 0 Å². The molecule has 1 nitrogen and oxygen atoms in total. The van der Waals surface area contributed by atoms with Gasteiger partial charge in [-0.2, -0.15) is 0 Å². The van der Waals surface area contributed by atoms with Crippen molar-refractivity contribution in [2.75, 3.05) is 6.54 Å². The first-order valence-electron chi connectivity index (χ1n) is 8.51. The van der Waals surface area contributed by atoms with Gasteiger partial charge in [0.2, 0.25) is 0 Å². The molecule has 0 radical (unpaired) electrons. The Hall–Kier alpha value is -0.820. The molecule has 1 atom stereocenters. The highest BCUT2D eigenvalue weighted by atomic mass is 14.6. The van der Waals surface area contributed by atoms with Gasteiger partial charge in [0.1, 0.15) is 0 Å². The minimum Gasteiger partial charge on any atom is -0.330 e. The largest absolute Gasteiger partial charge is 0.330 e. The topological polar surface area (TPSA) is 26.0 Å². The monoisotopic (exact) mass is 269 g/mol. The van der Waals surface area contributed by atoms with E-state index in [-0.39, 0.29) is 0 Å². The normalized spacial score (nSPS) is 40.0. The van der Waals surface area contributed by atoms with E-state index in [0.717, 1.165) is 36.1 Å². The Bertz CT molecular complexity index is 447. The van der Waals surface area contributed by atoms with E-state index < -0.39 is 0 Å². The summed E-state index contributed by atoms with van der Waals surface area (Å²) in [5.41, 5.74) is 9.07. The van der Waals surface area contributed by atoms with Crippen LogP contribution in [0.2, 0.25) is 0 Å². The Kier molecular flexibility index (Phi) is 3.14. The van der Waals surface area contributed by atoms with Crippen molar-refractivity contribution in [3.05, 3.63) is 35.4 Å². The molecule has 0 aliphatic heterocycles. The number of nitrogens with two attached hydrogens (primary N) is 1. The molecule has 0 saturated heterocycles. The third-order valence-corrected chi connectivity index (χ3v) is 6.52. The third kappa shape index (κ3) is 2.02. The van der Waals surface area contributed by atoms with Gasteiger partial charge in [0, 0.05) is 0 Å². The number of aryl methyl sites for hydroxylation is 1. The van der Waals surface area contributed by atoms with E-state index in [2.05, 4.69) is 31.2 Å². The summed E-state index contributed by atoms with van der Waals surface area (Å²) in [6.07, 6.45) is 7.54. The molecule has 0 heterocycles. The quantitative estimate of drug-likeness (QED) is 0.878. The highest BCUT2D eigenvalue weighted by Crippen LogP contribution is 2.59. The molecule has 0 amide bonds. The zero-order chi connectivity index (χ0) is 13.7. The van der Waals surface area contributed by atoms with Crippen molar-refractivity contribution in [1.82, 2.24) is 0 Å². The molecular weight excluding hydrogens is 242 g/mol. The Labute approximate surface area is 122 Å². The molecule has 1 aromatic carbocycles. The molecule has 20 heavy (non-hydrogen) atoms. The van der Waals surface area contributed by atoms with Gasteiger partial charge < -0.3 is 5.73 Å². The average molecular weight is 269 g/mol. The van der Waals surface area contributed by atoms with Crippen LogP contribution in [0.25, 0.3) is 0 Å². The SMILES string of the molecule is Cc1ccc(C(CN)C2C3CC4CC(C3)CC2C4)cc1. The van der Waals surface area contributed by atoms with E-state index in [0.29, 0.717) is 5.92 Å². The lowest BCUT2D eigenvalue weighted by Crippen LogP contribution is -2.48. The number of hydrogen-bond acceptors (Lipinski definition) is 1. The summed E-state index contributed by atoms with van der Waals surface area (Å²) in [4.78, 5) is 0. The molecule has 1 aromatic rings. The highest BCUT2D eigenvalue weighted by molar-refractivity contribution is 5.26. The first-order chi connectivity index (χ1) is 9.74. The van der Waals surface area contributed by atoms with E-state index in [9.17, 15) is 0 Å². The summed E-state index contributed by atoms with van der Waals surface area (Å²) in [5, 5.41) is 0. The summed E-state index contributed by atoms with van der Waals surface area (Å²) >= 11 is 0. The van der Waals surface area contributed by atoms with Crippen LogP contribution in [0.3, 0.4) is 0 Å². The lowest BCUT2D eigenvalue weighted by atomic mass is 9.49. The van der Waals surface area contributed by atoms with Crippen molar-refractivity contribution in [2.45, 2.75) is 44.9 Å². The molecule has 1 unspecified atom stereocenters. The molecule has 4 fully saturated rings.